The fraction of sp³-hybridized carbons (Fsp3) is 0.385. The van der Waals surface area contributed by atoms with Crippen molar-refractivity contribution in [2.24, 2.45) is 5.92 Å². The number of ether oxygens (including phenoxy) is 2. The summed E-state index contributed by atoms with van der Waals surface area (Å²) in [6.07, 6.45) is 5.30. The van der Waals surface area contributed by atoms with Crippen LogP contribution < -0.4 is 15.8 Å². The highest BCUT2D eigenvalue weighted by molar-refractivity contribution is 6.06. The van der Waals surface area contributed by atoms with Gasteiger partial charge in [0.05, 0.1) is 54.8 Å². The summed E-state index contributed by atoms with van der Waals surface area (Å²) in [4.78, 5) is 25.7. The van der Waals surface area contributed by atoms with Crippen molar-refractivity contribution in [2.75, 3.05) is 18.2 Å². The average Bonchev–Trinajstić information content (AvgIpc) is 2.88. The number of nitrogens with one attached hydrogen (secondary N) is 1. The average molecular weight is 496 g/mol. The number of aliphatic hydroxyl groups is 1. The maximum absolute atomic E-state index is 14.6. The molecule has 2 aromatic heterocycles. The normalized spacial score (nSPS) is 21.7. The Morgan fingerprint density at radius 2 is 2.08 bits per heavy atom. The molecule has 1 amide bonds. The van der Waals surface area contributed by atoms with Crippen molar-refractivity contribution in [3.05, 3.63) is 59.9 Å². The van der Waals surface area contributed by atoms with E-state index in [1.165, 1.54) is 31.6 Å². The van der Waals surface area contributed by atoms with Crippen LogP contribution in [0.5, 0.6) is 5.75 Å². The highest BCUT2D eigenvalue weighted by Gasteiger charge is 2.37. The van der Waals surface area contributed by atoms with Gasteiger partial charge < -0.3 is 25.6 Å². The Balaban J connectivity index is 1.64. The van der Waals surface area contributed by atoms with E-state index in [4.69, 9.17) is 15.2 Å². The second-order valence-corrected chi connectivity index (χ2v) is 8.68. The van der Waals surface area contributed by atoms with Gasteiger partial charge in [0, 0.05) is 24.1 Å². The quantitative estimate of drug-likeness (QED) is 0.445. The van der Waals surface area contributed by atoms with E-state index >= 15 is 0 Å². The fourth-order valence-corrected chi connectivity index (χ4v) is 4.70. The van der Waals surface area contributed by atoms with Crippen LogP contribution in [-0.2, 0) is 4.74 Å². The molecule has 0 bridgehead atoms. The van der Waals surface area contributed by atoms with Crippen LogP contribution in [0.4, 0.5) is 15.8 Å². The molecule has 4 unspecified atom stereocenters. The number of amides is 1. The molecule has 0 spiro atoms. The van der Waals surface area contributed by atoms with Gasteiger partial charge in [-0.3, -0.25) is 9.78 Å². The molecule has 9 nitrogen and oxygen atoms in total. The van der Waals surface area contributed by atoms with E-state index in [0.717, 1.165) is 12.8 Å². The van der Waals surface area contributed by atoms with Crippen LogP contribution in [0.15, 0.2) is 42.9 Å². The van der Waals surface area contributed by atoms with Crippen LogP contribution in [-0.4, -0.2) is 45.3 Å². The van der Waals surface area contributed by atoms with Gasteiger partial charge in [-0.05, 0) is 31.0 Å². The number of nitrogen functional groups attached to an aromatic ring is 1. The molecule has 190 valence electrons. The Hall–Kier alpha value is -3.63. The van der Waals surface area contributed by atoms with Crippen LogP contribution in [0.3, 0.4) is 0 Å². The van der Waals surface area contributed by atoms with Gasteiger partial charge in [0.1, 0.15) is 11.6 Å². The molecule has 4 N–H and O–H groups in total. The van der Waals surface area contributed by atoms with E-state index in [1.807, 2.05) is 13.8 Å². The number of halogens is 1. The summed E-state index contributed by atoms with van der Waals surface area (Å²) < 4.78 is 26.1. The predicted octanol–water partition coefficient (Wildman–Crippen LogP) is 4.15. The molecule has 10 heteroatoms. The molecule has 0 aliphatic carbocycles. The summed E-state index contributed by atoms with van der Waals surface area (Å²) in [5, 5.41) is 13.5. The molecule has 36 heavy (non-hydrogen) atoms. The number of nitrogens with zero attached hydrogens (tertiary/aromatic N) is 3. The van der Waals surface area contributed by atoms with Crippen LogP contribution >= 0.6 is 0 Å². The number of hydrogen-bond donors (Lipinski definition) is 3. The fourth-order valence-electron chi connectivity index (χ4n) is 4.70. The van der Waals surface area contributed by atoms with Gasteiger partial charge >= 0.3 is 0 Å². The summed E-state index contributed by atoms with van der Waals surface area (Å²) in [7, 11) is 1.41. The molecule has 3 aromatic rings. The first-order valence-corrected chi connectivity index (χ1v) is 11.9. The SMILES string of the molecule is CCC1OC(c2ccncc2NC(=O)c2nc(-c3c(F)cccc3OC)ncc2N)CC(O)C1CC. The Labute approximate surface area is 208 Å². The molecule has 3 heterocycles. The lowest BCUT2D eigenvalue weighted by Gasteiger charge is -2.40. The summed E-state index contributed by atoms with van der Waals surface area (Å²) >= 11 is 0. The van der Waals surface area contributed by atoms with E-state index in [1.54, 1.807) is 18.3 Å². The Kier molecular flexibility index (Phi) is 7.76. The zero-order valence-electron chi connectivity index (χ0n) is 20.4. The first-order valence-electron chi connectivity index (χ1n) is 11.9. The minimum Gasteiger partial charge on any atom is -0.496 e. The number of carbonyl (C=O) groups is 1. The van der Waals surface area contributed by atoms with Gasteiger partial charge in [-0.2, -0.15) is 0 Å². The van der Waals surface area contributed by atoms with Crippen molar-refractivity contribution in [1.82, 2.24) is 15.0 Å². The van der Waals surface area contributed by atoms with E-state index < -0.39 is 23.9 Å². The predicted molar refractivity (Wildman–Crippen MR) is 133 cm³/mol. The summed E-state index contributed by atoms with van der Waals surface area (Å²) in [5.74, 6) is -0.962. The van der Waals surface area contributed by atoms with Crippen molar-refractivity contribution >= 4 is 17.3 Å². The minimum atomic E-state index is -0.615. The van der Waals surface area contributed by atoms with E-state index in [0.29, 0.717) is 17.7 Å². The molecule has 1 saturated heterocycles. The molecule has 4 atom stereocenters. The second-order valence-electron chi connectivity index (χ2n) is 8.68. The van der Waals surface area contributed by atoms with Gasteiger partial charge in [0.25, 0.3) is 5.91 Å². The lowest BCUT2D eigenvalue weighted by Crippen LogP contribution is -2.40. The number of methoxy groups -OCH3 is 1. The monoisotopic (exact) mass is 495 g/mol. The standard InChI is InChI=1S/C26H30FN5O4/c1-4-14-19(33)11-22(36-20(14)5-2)15-9-10-29-13-18(15)31-26(34)24-17(28)12-30-25(32-24)23-16(27)7-6-8-21(23)35-3/h6-10,12-14,19-20,22,33H,4-5,11,28H2,1-3H3,(H,31,34). The van der Waals surface area contributed by atoms with Gasteiger partial charge in [-0.15, -0.1) is 0 Å². The molecular weight excluding hydrogens is 465 g/mol. The van der Waals surface area contributed by atoms with Crippen molar-refractivity contribution < 1.29 is 23.8 Å². The first-order chi connectivity index (χ1) is 17.4. The number of aromatic nitrogens is 3. The van der Waals surface area contributed by atoms with Crippen molar-refractivity contribution in [1.29, 1.82) is 0 Å². The molecule has 4 rings (SSSR count). The minimum absolute atomic E-state index is 0.0248. The Morgan fingerprint density at radius 1 is 1.28 bits per heavy atom. The smallest absolute Gasteiger partial charge is 0.276 e. The largest absolute Gasteiger partial charge is 0.496 e. The maximum Gasteiger partial charge on any atom is 0.276 e. The summed E-state index contributed by atoms with van der Waals surface area (Å²) in [6.45, 7) is 4.06. The first kappa shape index (κ1) is 25.5. The van der Waals surface area contributed by atoms with Crippen molar-refractivity contribution in [2.45, 2.75) is 51.4 Å². The molecule has 0 radical (unpaired) electrons. The van der Waals surface area contributed by atoms with E-state index in [9.17, 15) is 14.3 Å². The van der Waals surface area contributed by atoms with Crippen molar-refractivity contribution in [3.63, 3.8) is 0 Å². The Morgan fingerprint density at radius 3 is 2.81 bits per heavy atom. The van der Waals surface area contributed by atoms with Crippen molar-refractivity contribution in [3.8, 4) is 17.1 Å². The third kappa shape index (κ3) is 5.00. The maximum atomic E-state index is 14.6. The van der Waals surface area contributed by atoms with Crippen LogP contribution in [0.2, 0.25) is 0 Å². The number of nitrogens with two attached hydrogens (primary N) is 1. The lowest BCUT2D eigenvalue weighted by atomic mass is 9.84. The lowest BCUT2D eigenvalue weighted by molar-refractivity contribution is -0.139. The number of rotatable bonds is 7. The van der Waals surface area contributed by atoms with Gasteiger partial charge in [0.15, 0.2) is 11.5 Å². The third-order valence-electron chi connectivity index (χ3n) is 6.54. The number of hydrogen-bond acceptors (Lipinski definition) is 8. The highest BCUT2D eigenvalue weighted by atomic mass is 19.1. The van der Waals surface area contributed by atoms with Crippen LogP contribution in [0.25, 0.3) is 11.4 Å². The number of carbonyl (C=O) groups excluding carboxylic acids is 1. The summed E-state index contributed by atoms with van der Waals surface area (Å²) in [6, 6.07) is 6.09. The third-order valence-corrected chi connectivity index (χ3v) is 6.54. The number of benzene rings is 1. The molecular formula is C26H30FN5O4. The van der Waals surface area contributed by atoms with Gasteiger partial charge in [-0.1, -0.05) is 19.9 Å². The second kappa shape index (κ2) is 11.0. The van der Waals surface area contributed by atoms with E-state index in [2.05, 4.69) is 20.3 Å². The zero-order valence-corrected chi connectivity index (χ0v) is 20.4. The Bertz CT molecular complexity index is 1240. The zero-order chi connectivity index (χ0) is 25.8. The number of aliphatic hydroxyl groups excluding tert-OH is 1. The van der Waals surface area contributed by atoms with Crippen LogP contribution in [0.1, 0.15) is 55.3 Å². The molecule has 1 aliphatic rings. The number of pyridine rings is 1. The number of anilines is 2. The van der Waals surface area contributed by atoms with Gasteiger partial charge in [-0.25, -0.2) is 14.4 Å². The van der Waals surface area contributed by atoms with Crippen LogP contribution in [0, 0.1) is 11.7 Å². The van der Waals surface area contributed by atoms with E-state index in [-0.39, 0.29) is 40.5 Å². The molecule has 1 aromatic carbocycles. The van der Waals surface area contributed by atoms with Gasteiger partial charge in [0.2, 0.25) is 0 Å². The summed E-state index contributed by atoms with van der Waals surface area (Å²) in [5.41, 5.74) is 7.04. The molecule has 0 saturated carbocycles. The highest BCUT2D eigenvalue weighted by Crippen LogP contribution is 2.39. The molecule has 1 aliphatic heterocycles. The topological polar surface area (TPSA) is 132 Å². The molecule has 1 fully saturated rings.